The highest BCUT2D eigenvalue weighted by Crippen LogP contribution is 2.43. The van der Waals surface area contributed by atoms with Crippen molar-refractivity contribution in [3.63, 3.8) is 0 Å². The zero-order chi connectivity index (χ0) is 53.2. The molecule has 412 valence electrons. The second-order valence-corrected chi connectivity index (χ2v) is 36.0. The van der Waals surface area contributed by atoms with Gasteiger partial charge in [-0.3, -0.25) is 4.79 Å². The summed E-state index contributed by atoms with van der Waals surface area (Å²) in [6, 6.07) is 9.37. The molecular formula is C56H106N2O10Si3. The van der Waals surface area contributed by atoms with Crippen molar-refractivity contribution in [2.45, 2.75) is 258 Å². The molecular weight excluding hydrogens is 945 g/mol. The van der Waals surface area contributed by atoms with Crippen LogP contribution in [0.1, 0.15) is 150 Å². The molecule has 3 aliphatic rings. The van der Waals surface area contributed by atoms with E-state index in [4.69, 9.17) is 37.0 Å². The normalized spacial score (nSPS) is 28.3. The van der Waals surface area contributed by atoms with Crippen LogP contribution < -0.4 is 0 Å². The van der Waals surface area contributed by atoms with Gasteiger partial charge >= 0.3 is 12.1 Å². The molecule has 0 bridgehead atoms. The number of carbonyl (C=O) groups excluding carboxylic acids is 2. The molecule has 0 aromatic carbocycles. The molecule has 1 amide bonds. The Morgan fingerprint density at radius 2 is 1.45 bits per heavy atom. The molecule has 0 aromatic heterocycles. The fourth-order valence-corrected chi connectivity index (χ4v) is 20.2. The van der Waals surface area contributed by atoms with E-state index in [0.717, 1.165) is 85.9 Å². The molecule has 3 heterocycles. The Morgan fingerprint density at radius 1 is 0.873 bits per heavy atom. The molecule has 0 saturated carbocycles. The maximum absolute atomic E-state index is 14.3. The number of amides is 1. The van der Waals surface area contributed by atoms with E-state index in [0.29, 0.717) is 32.5 Å². The van der Waals surface area contributed by atoms with Gasteiger partial charge in [0.15, 0.2) is 37.3 Å². The first-order chi connectivity index (χ1) is 33.6. The van der Waals surface area contributed by atoms with Gasteiger partial charge in [0, 0.05) is 57.1 Å². The van der Waals surface area contributed by atoms with E-state index in [2.05, 4.69) is 120 Å². The summed E-state index contributed by atoms with van der Waals surface area (Å²) < 4.78 is 54.0. The van der Waals surface area contributed by atoms with E-state index in [1.165, 1.54) is 0 Å². The number of nitrogens with zero attached hydrogens (tertiary/aromatic N) is 2. The van der Waals surface area contributed by atoms with Crippen LogP contribution in [0.3, 0.4) is 0 Å². The smallest absolute Gasteiger partial charge is 0.410 e. The van der Waals surface area contributed by atoms with E-state index < -0.39 is 60.8 Å². The summed E-state index contributed by atoms with van der Waals surface area (Å²) >= 11 is 0. The lowest BCUT2D eigenvalue weighted by Gasteiger charge is -2.41. The zero-order valence-electron chi connectivity index (χ0n) is 48.5. The molecule has 0 aliphatic carbocycles. The van der Waals surface area contributed by atoms with Crippen LogP contribution in [0.25, 0.3) is 0 Å². The Labute approximate surface area is 437 Å². The molecule has 2 fully saturated rings. The predicted molar refractivity (Wildman–Crippen MR) is 298 cm³/mol. The third-order valence-corrected chi connectivity index (χ3v) is 31.3. The lowest BCUT2D eigenvalue weighted by molar-refractivity contribution is -0.222. The summed E-state index contributed by atoms with van der Waals surface area (Å²) in [6.45, 7) is 40.3. The van der Waals surface area contributed by atoms with Crippen molar-refractivity contribution in [3.05, 3.63) is 36.0 Å². The average Bonchev–Trinajstić information content (AvgIpc) is 4.13. The van der Waals surface area contributed by atoms with E-state index in [1.54, 1.807) is 4.90 Å². The highest BCUT2D eigenvalue weighted by Gasteiger charge is 2.51. The molecule has 3 aliphatic heterocycles. The van der Waals surface area contributed by atoms with Gasteiger partial charge in [0.1, 0.15) is 11.7 Å². The SMILES string of the molecule is CCOC(C)O[C@]1(C)CC[C@@H](O[Si](CC)(CC)CC)CC(=O)O[C@H](/C(C)=C/C=C/[C@@](C)(C[C@@H]2O[C@H]2[C@H](C)[C@H](CC)O[Si](CC)(CC)CC)O[Si](CC)(CC)CC)[C@@H](C)/C=C/[C@H]1OC(=O)N1CCN(C)CC1. The number of hydrogen-bond acceptors (Lipinski definition) is 11. The van der Waals surface area contributed by atoms with Crippen molar-refractivity contribution < 1.29 is 46.6 Å². The van der Waals surface area contributed by atoms with Gasteiger partial charge in [-0.05, 0) is 127 Å². The third kappa shape index (κ3) is 18.3. The first kappa shape index (κ1) is 63.6. The minimum absolute atomic E-state index is 0.0765. The number of allylic oxidation sites excluding steroid dienone is 2. The summed E-state index contributed by atoms with van der Waals surface area (Å²) in [6.07, 6.45) is 10.9. The Balaban J connectivity index is 2.10. The molecule has 0 radical (unpaired) electrons. The molecule has 0 aromatic rings. The summed E-state index contributed by atoms with van der Waals surface area (Å²) in [7, 11) is -3.95. The van der Waals surface area contributed by atoms with Crippen LogP contribution in [0.5, 0.6) is 0 Å². The van der Waals surface area contributed by atoms with E-state index in [-0.39, 0.29) is 48.6 Å². The summed E-state index contributed by atoms with van der Waals surface area (Å²) in [5, 5.41) is 0. The molecule has 71 heavy (non-hydrogen) atoms. The molecule has 11 atom stereocenters. The van der Waals surface area contributed by atoms with Gasteiger partial charge in [-0.15, -0.1) is 0 Å². The molecule has 3 rings (SSSR count). The molecule has 0 spiro atoms. The number of cyclic esters (lactones) is 1. The van der Waals surface area contributed by atoms with Gasteiger partial charge in [0.25, 0.3) is 0 Å². The highest BCUT2D eigenvalue weighted by atomic mass is 28.4. The minimum Gasteiger partial charge on any atom is -0.457 e. The van der Waals surface area contributed by atoms with Crippen LogP contribution >= 0.6 is 0 Å². The Hall–Kier alpha value is -1.67. The fourth-order valence-electron chi connectivity index (χ4n) is 11.2. The van der Waals surface area contributed by atoms with E-state index >= 15 is 0 Å². The van der Waals surface area contributed by atoms with Crippen molar-refractivity contribution in [1.82, 2.24) is 9.80 Å². The van der Waals surface area contributed by atoms with Crippen LogP contribution in [0.2, 0.25) is 54.4 Å². The number of rotatable bonds is 28. The van der Waals surface area contributed by atoms with Crippen LogP contribution in [-0.2, 0) is 41.8 Å². The number of piperazine rings is 1. The maximum Gasteiger partial charge on any atom is 0.410 e. The maximum atomic E-state index is 14.3. The molecule has 15 heteroatoms. The standard InChI is InChI=1S/C56H106N2O10Si3/c1-19-48(67-70(24-6,25-7)26-8)45(14)53-49(62-53)42-55(16,68-71(27-9,28-10)29-11)35-30-31-43(12)52-44(13)32-33-50(63-54(60)58-39-37-57(18)38-40-58)56(17,65-46(15)61-20-2)36-34-47(41-51(59)64-52)66-69(21-3,22-4)23-5/h30-33,35,44-50,52-53H,19-29,34,36-42H2,1-18H3/b33-32+,35-30+,43-31+/t44-,45+,46?,47+,48-,49-,50+,52+,53-,55-,56+/m0/s1. The van der Waals surface area contributed by atoms with Crippen molar-refractivity contribution in [2.75, 3.05) is 39.8 Å². The van der Waals surface area contributed by atoms with Gasteiger partial charge in [-0.2, -0.15) is 0 Å². The molecule has 12 nitrogen and oxygen atoms in total. The zero-order valence-corrected chi connectivity index (χ0v) is 51.5. The van der Waals surface area contributed by atoms with Crippen LogP contribution in [0.15, 0.2) is 36.0 Å². The molecule has 2 saturated heterocycles. The Kier molecular flexibility index (Phi) is 26.5. The van der Waals surface area contributed by atoms with Crippen LogP contribution in [0, 0.1) is 11.8 Å². The summed E-state index contributed by atoms with van der Waals surface area (Å²) in [5.41, 5.74) is -0.678. The van der Waals surface area contributed by atoms with Gasteiger partial charge < -0.3 is 46.8 Å². The van der Waals surface area contributed by atoms with Gasteiger partial charge in [-0.25, -0.2) is 4.79 Å². The number of ether oxygens (including phenoxy) is 5. The van der Waals surface area contributed by atoms with E-state index in [9.17, 15) is 9.59 Å². The molecule has 1 unspecified atom stereocenters. The number of epoxide rings is 1. The van der Waals surface area contributed by atoms with Gasteiger partial charge in [0.2, 0.25) is 0 Å². The van der Waals surface area contributed by atoms with Crippen LogP contribution in [-0.4, -0.2) is 141 Å². The van der Waals surface area contributed by atoms with Gasteiger partial charge in [-0.1, -0.05) is 107 Å². The Morgan fingerprint density at radius 3 is 1.99 bits per heavy atom. The number of esters is 1. The third-order valence-electron chi connectivity index (χ3n) is 17.2. The second-order valence-electron chi connectivity index (χ2n) is 21.9. The lowest BCUT2D eigenvalue weighted by atomic mass is 9.88. The average molecular weight is 1050 g/mol. The Bertz CT molecular complexity index is 1660. The first-order valence-electron chi connectivity index (χ1n) is 28.5. The number of likely N-dealkylation sites (N-methyl/N-ethyl adjacent to an activating group) is 1. The monoisotopic (exact) mass is 1050 g/mol. The highest BCUT2D eigenvalue weighted by molar-refractivity contribution is 6.74. The number of carbonyl (C=O) groups is 2. The van der Waals surface area contributed by atoms with E-state index in [1.807, 2.05) is 39.8 Å². The topological polar surface area (TPSA) is 118 Å². The van der Waals surface area contributed by atoms with Crippen molar-refractivity contribution in [1.29, 1.82) is 0 Å². The fraction of sp³-hybridized carbons (Fsp3) is 0.857. The second kappa shape index (κ2) is 29.6. The first-order valence-corrected chi connectivity index (χ1v) is 36.1. The van der Waals surface area contributed by atoms with Crippen molar-refractivity contribution >= 4 is 37.0 Å². The van der Waals surface area contributed by atoms with Crippen molar-refractivity contribution in [3.8, 4) is 0 Å². The van der Waals surface area contributed by atoms with Crippen molar-refractivity contribution in [2.24, 2.45) is 11.8 Å². The predicted octanol–water partition coefficient (Wildman–Crippen LogP) is 13.5. The summed E-state index contributed by atoms with van der Waals surface area (Å²) in [4.78, 5) is 32.4. The quantitative estimate of drug-likeness (QED) is 0.0186. The summed E-state index contributed by atoms with van der Waals surface area (Å²) in [5.74, 6) is -0.290. The lowest BCUT2D eigenvalue weighted by Crippen LogP contribution is -2.52. The largest absolute Gasteiger partial charge is 0.457 e. The minimum atomic E-state index is -2.17. The molecule has 0 N–H and O–H groups in total. The van der Waals surface area contributed by atoms with Crippen LogP contribution in [0.4, 0.5) is 4.79 Å². The number of hydrogen-bond donors (Lipinski definition) is 0. The van der Waals surface area contributed by atoms with Gasteiger partial charge in [0.05, 0.1) is 30.3 Å².